The quantitative estimate of drug-likeness (QED) is 0.751. The Balaban J connectivity index is 1.55. The summed E-state index contributed by atoms with van der Waals surface area (Å²) in [7, 11) is -3.51. The first-order valence-corrected chi connectivity index (χ1v) is 9.11. The van der Waals surface area contributed by atoms with Gasteiger partial charge < -0.3 is 0 Å². The van der Waals surface area contributed by atoms with Crippen LogP contribution in [-0.2, 0) is 21.5 Å². The lowest BCUT2D eigenvalue weighted by Gasteiger charge is -2.08. The van der Waals surface area contributed by atoms with E-state index >= 15 is 0 Å². The molecule has 6 nitrogen and oxygen atoms in total. The molecule has 1 saturated carbocycles. The molecular weight excluding hydrogens is 328 g/mol. The summed E-state index contributed by atoms with van der Waals surface area (Å²) >= 11 is 0. The molecule has 2 aromatic rings. The number of amides is 1. The van der Waals surface area contributed by atoms with Crippen LogP contribution in [0.3, 0.4) is 0 Å². The third-order valence-electron chi connectivity index (χ3n) is 3.57. The number of rotatable bonds is 7. The van der Waals surface area contributed by atoms with Gasteiger partial charge in [-0.1, -0.05) is 30.3 Å². The molecule has 7 heteroatoms. The summed E-state index contributed by atoms with van der Waals surface area (Å²) in [5.41, 5.74) is 3.61. The number of nitrogens with one attached hydrogen (secondary N) is 2. The topological polar surface area (TPSA) is 84.5 Å². The first-order valence-electron chi connectivity index (χ1n) is 7.63. The van der Waals surface area contributed by atoms with Gasteiger partial charge in [0.15, 0.2) is 0 Å². The molecule has 0 unspecified atom stereocenters. The smallest absolute Gasteiger partial charge is 0.269 e. The van der Waals surface area contributed by atoms with Crippen LogP contribution in [0, 0.1) is 0 Å². The Labute approximate surface area is 140 Å². The molecule has 2 N–H and O–H groups in total. The Bertz CT molecular complexity index is 800. The molecule has 1 aliphatic carbocycles. The van der Waals surface area contributed by atoms with Gasteiger partial charge in [-0.3, -0.25) is 9.63 Å². The Morgan fingerprint density at radius 1 is 1.04 bits per heavy atom. The fraction of sp³-hybridized carbons (Fsp3) is 0.235. The highest BCUT2D eigenvalue weighted by molar-refractivity contribution is 7.89. The summed E-state index contributed by atoms with van der Waals surface area (Å²) in [5.74, 6) is -0.426. The van der Waals surface area contributed by atoms with Gasteiger partial charge in [0.25, 0.3) is 5.91 Å². The SMILES string of the molecule is O=C(NOCc1ccccc1)c1ccc(S(=O)(=O)NC2CC2)cc1. The van der Waals surface area contributed by atoms with Crippen LogP contribution < -0.4 is 10.2 Å². The minimum absolute atomic E-state index is 0.0457. The lowest BCUT2D eigenvalue weighted by atomic mass is 10.2. The molecule has 0 aromatic heterocycles. The third-order valence-corrected chi connectivity index (χ3v) is 5.11. The summed E-state index contributed by atoms with van der Waals surface area (Å²) in [6.07, 6.45) is 1.75. The highest BCUT2D eigenvalue weighted by atomic mass is 32.2. The fourth-order valence-electron chi connectivity index (χ4n) is 2.09. The average molecular weight is 346 g/mol. The lowest BCUT2D eigenvalue weighted by molar-refractivity contribution is 0.0233. The van der Waals surface area contributed by atoms with E-state index in [9.17, 15) is 13.2 Å². The van der Waals surface area contributed by atoms with Crippen molar-refractivity contribution in [1.82, 2.24) is 10.2 Å². The van der Waals surface area contributed by atoms with Crippen molar-refractivity contribution in [2.24, 2.45) is 0 Å². The van der Waals surface area contributed by atoms with E-state index in [1.54, 1.807) is 0 Å². The second-order valence-corrected chi connectivity index (χ2v) is 7.34. The van der Waals surface area contributed by atoms with Gasteiger partial charge in [0.2, 0.25) is 10.0 Å². The summed E-state index contributed by atoms with van der Waals surface area (Å²) in [4.78, 5) is 17.3. The first-order chi connectivity index (χ1) is 11.5. The number of carbonyl (C=O) groups is 1. The Hall–Kier alpha value is -2.22. The van der Waals surface area contributed by atoms with Crippen molar-refractivity contribution in [1.29, 1.82) is 0 Å². The Morgan fingerprint density at radius 3 is 2.33 bits per heavy atom. The molecule has 0 spiro atoms. The van der Waals surface area contributed by atoms with Gasteiger partial charge >= 0.3 is 0 Å². The summed E-state index contributed by atoms with van der Waals surface area (Å²) in [5, 5.41) is 0. The maximum Gasteiger partial charge on any atom is 0.274 e. The summed E-state index contributed by atoms with van der Waals surface area (Å²) in [6, 6.07) is 15.2. The van der Waals surface area contributed by atoms with E-state index in [0.717, 1.165) is 18.4 Å². The van der Waals surface area contributed by atoms with Crippen molar-refractivity contribution in [2.75, 3.05) is 0 Å². The maximum absolute atomic E-state index is 12.1. The van der Waals surface area contributed by atoms with Gasteiger partial charge in [0, 0.05) is 11.6 Å². The predicted octanol–water partition coefficient (Wildman–Crippen LogP) is 1.99. The standard InChI is InChI=1S/C17H18N2O4S/c20-17(18-23-12-13-4-2-1-3-5-13)14-6-10-16(11-7-14)24(21,22)19-15-8-9-15/h1-7,10-11,15,19H,8-9,12H2,(H,18,20). The third kappa shape index (κ3) is 4.41. The number of sulfonamides is 1. The molecule has 1 fully saturated rings. The molecule has 126 valence electrons. The highest BCUT2D eigenvalue weighted by Crippen LogP contribution is 2.22. The number of carbonyl (C=O) groups excluding carboxylic acids is 1. The van der Waals surface area contributed by atoms with Gasteiger partial charge in [-0.15, -0.1) is 0 Å². The van der Waals surface area contributed by atoms with Crippen LogP contribution in [0.2, 0.25) is 0 Å². The second kappa shape index (κ2) is 7.12. The average Bonchev–Trinajstić information content (AvgIpc) is 3.39. The number of hydrogen-bond donors (Lipinski definition) is 2. The van der Waals surface area contributed by atoms with Gasteiger partial charge in [0.05, 0.1) is 11.5 Å². The van der Waals surface area contributed by atoms with E-state index in [1.807, 2.05) is 30.3 Å². The summed E-state index contributed by atoms with van der Waals surface area (Å²) in [6.45, 7) is 0.254. The van der Waals surface area contributed by atoms with Crippen LogP contribution in [0.25, 0.3) is 0 Å². The molecule has 0 bridgehead atoms. The molecule has 3 rings (SSSR count). The van der Waals surface area contributed by atoms with Gasteiger partial charge in [-0.2, -0.15) is 0 Å². The number of benzene rings is 2. The van der Waals surface area contributed by atoms with Crippen LogP contribution in [0.4, 0.5) is 0 Å². The zero-order valence-electron chi connectivity index (χ0n) is 12.9. The van der Waals surface area contributed by atoms with Crippen LogP contribution >= 0.6 is 0 Å². The molecule has 2 aromatic carbocycles. The van der Waals surface area contributed by atoms with Gasteiger partial charge in [-0.25, -0.2) is 18.6 Å². The van der Waals surface area contributed by atoms with Crippen molar-refractivity contribution in [3.8, 4) is 0 Å². The van der Waals surface area contributed by atoms with Gasteiger partial charge in [0.1, 0.15) is 0 Å². The van der Waals surface area contributed by atoms with E-state index in [-0.39, 0.29) is 17.5 Å². The Kier molecular flexibility index (Phi) is 4.94. The molecule has 1 aliphatic rings. The van der Waals surface area contributed by atoms with Crippen molar-refractivity contribution in [3.05, 3.63) is 65.7 Å². The zero-order valence-corrected chi connectivity index (χ0v) is 13.8. The van der Waals surface area contributed by atoms with Crippen molar-refractivity contribution in [3.63, 3.8) is 0 Å². The second-order valence-electron chi connectivity index (χ2n) is 5.63. The largest absolute Gasteiger partial charge is 0.274 e. The monoisotopic (exact) mass is 346 g/mol. The Morgan fingerprint density at radius 2 is 1.71 bits per heavy atom. The molecule has 1 amide bonds. The number of hydrogen-bond acceptors (Lipinski definition) is 4. The normalized spacial score (nSPS) is 14.3. The zero-order chi connectivity index (χ0) is 17.0. The van der Waals surface area contributed by atoms with Crippen LogP contribution in [-0.4, -0.2) is 20.4 Å². The molecular formula is C17H18N2O4S. The highest BCUT2D eigenvalue weighted by Gasteiger charge is 2.27. The van der Waals surface area contributed by atoms with E-state index in [0.29, 0.717) is 5.56 Å². The van der Waals surface area contributed by atoms with E-state index < -0.39 is 15.9 Å². The van der Waals surface area contributed by atoms with Crippen LogP contribution in [0.15, 0.2) is 59.5 Å². The maximum atomic E-state index is 12.1. The predicted molar refractivity (Wildman–Crippen MR) is 88.5 cm³/mol. The number of hydroxylamine groups is 1. The molecule has 24 heavy (non-hydrogen) atoms. The lowest BCUT2D eigenvalue weighted by Crippen LogP contribution is -2.26. The van der Waals surface area contributed by atoms with Crippen molar-refractivity contribution < 1.29 is 18.0 Å². The van der Waals surface area contributed by atoms with Crippen LogP contribution in [0.1, 0.15) is 28.8 Å². The van der Waals surface area contributed by atoms with E-state index in [1.165, 1.54) is 24.3 Å². The summed E-state index contributed by atoms with van der Waals surface area (Å²) < 4.78 is 26.7. The van der Waals surface area contributed by atoms with E-state index in [2.05, 4.69) is 10.2 Å². The van der Waals surface area contributed by atoms with Crippen LogP contribution in [0.5, 0.6) is 0 Å². The molecule has 0 aliphatic heterocycles. The van der Waals surface area contributed by atoms with Gasteiger partial charge in [-0.05, 0) is 42.7 Å². The van der Waals surface area contributed by atoms with Crippen molar-refractivity contribution in [2.45, 2.75) is 30.4 Å². The molecule has 0 heterocycles. The molecule has 0 radical (unpaired) electrons. The molecule has 0 saturated heterocycles. The molecule has 0 atom stereocenters. The fourth-order valence-corrected chi connectivity index (χ4v) is 3.40. The van der Waals surface area contributed by atoms with Crippen molar-refractivity contribution >= 4 is 15.9 Å². The van der Waals surface area contributed by atoms with E-state index in [4.69, 9.17) is 4.84 Å². The minimum Gasteiger partial charge on any atom is -0.269 e. The minimum atomic E-state index is -3.51. The first kappa shape index (κ1) is 16.6.